The van der Waals surface area contributed by atoms with Crippen molar-refractivity contribution in [3.8, 4) is 6.07 Å². The lowest BCUT2D eigenvalue weighted by Gasteiger charge is -2.10. The van der Waals surface area contributed by atoms with Crippen LogP contribution in [0.5, 0.6) is 0 Å². The van der Waals surface area contributed by atoms with Gasteiger partial charge < -0.3 is 11.1 Å². The summed E-state index contributed by atoms with van der Waals surface area (Å²) in [5.41, 5.74) is 10.2. The fourth-order valence-corrected chi connectivity index (χ4v) is 1.66. The first-order valence-corrected chi connectivity index (χ1v) is 5.64. The summed E-state index contributed by atoms with van der Waals surface area (Å²) in [4.78, 5) is 4.00. The number of hydrogen-bond acceptors (Lipinski definition) is 4. The molecule has 0 saturated heterocycles. The highest BCUT2D eigenvalue weighted by atomic mass is 14.9. The number of nitrogens with two attached hydrogens (primary N) is 1. The quantitative estimate of drug-likeness (QED) is 0.805. The third kappa shape index (κ3) is 2.58. The lowest BCUT2D eigenvalue weighted by molar-refractivity contribution is 1.11. The number of nitrogens with one attached hydrogen (secondary N) is 1. The fourth-order valence-electron chi connectivity index (χ4n) is 1.66. The molecule has 1 aromatic carbocycles. The van der Waals surface area contributed by atoms with Gasteiger partial charge in [-0.25, -0.2) is 4.98 Å². The monoisotopic (exact) mass is 238 g/mol. The Morgan fingerprint density at radius 2 is 2.17 bits per heavy atom. The smallest absolute Gasteiger partial charge is 0.140 e. The molecule has 0 bridgehead atoms. The minimum atomic E-state index is 0.417. The Kier molecular flexibility index (Phi) is 3.44. The number of nitrogens with zero attached hydrogens (tertiary/aromatic N) is 2. The summed E-state index contributed by atoms with van der Waals surface area (Å²) in [5, 5.41) is 11.9. The van der Waals surface area contributed by atoms with Gasteiger partial charge in [-0.1, -0.05) is 12.1 Å². The molecule has 0 unspecified atom stereocenters. The first-order valence-electron chi connectivity index (χ1n) is 5.64. The normalized spacial score (nSPS) is 9.78. The second-order valence-electron chi connectivity index (χ2n) is 4.03. The van der Waals surface area contributed by atoms with Crippen LogP contribution >= 0.6 is 0 Å². The zero-order valence-corrected chi connectivity index (χ0v) is 10.1. The number of rotatable bonds is 3. The highest BCUT2D eigenvalue weighted by molar-refractivity contribution is 5.51. The number of nitrogen functional groups attached to an aromatic ring is 1. The summed E-state index contributed by atoms with van der Waals surface area (Å²) in [6.07, 6.45) is 1.65. The highest BCUT2D eigenvalue weighted by Crippen LogP contribution is 2.17. The van der Waals surface area contributed by atoms with Crippen molar-refractivity contribution in [2.24, 2.45) is 0 Å². The van der Waals surface area contributed by atoms with Gasteiger partial charge in [-0.2, -0.15) is 5.26 Å². The minimum Gasteiger partial charge on any atom is -0.399 e. The molecule has 2 rings (SSSR count). The van der Waals surface area contributed by atoms with Crippen molar-refractivity contribution in [1.82, 2.24) is 4.98 Å². The number of aromatic nitrogens is 1. The van der Waals surface area contributed by atoms with Gasteiger partial charge >= 0.3 is 0 Å². The number of pyridine rings is 1. The van der Waals surface area contributed by atoms with Crippen molar-refractivity contribution < 1.29 is 0 Å². The largest absolute Gasteiger partial charge is 0.399 e. The van der Waals surface area contributed by atoms with E-state index < -0.39 is 0 Å². The molecule has 0 aliphatic heterocycles. The summed E-state index contributed by atoms with van der Waals surface area (Å²) in [6, 6.07) is 11.4. The van der Waals surface area contributed by atoms with E-state index in [0.717, 1.165) is 22.5 Å². The van der Waals surface area contributed by atoms with E-state index in [2.05, 4.69) is 10.3 Å². The van der Waals surface area contributed by atoms with E-state index >= 15 is 0 Å². The Balaban J connectivity index is 2.07. The third-order valence-electron chi connectivity index (χ3n) is 2.85. The SMILES string of the molecule is Cc1c(N)cccc1CNc1ccc(C#N)nc1. The third-order valence-corrected chi connectivity index (χ3v) is 2.85. The van der Waals surface area contributed by atoms with Crippen molar-refractivity contribution in [3.63, 3.8) is 0 Å². The molecule has 18 heavy (non-hydrogen) atoms. The molecule has 2 aromatic rings. The maximum atomic E-state index is 8.66. The highest BCUT2D eigenvalue weighted by Gasteiger charge is 2.01. The summed E-state index contributed by atoms with van der Waals surface area (Å²) < 4.78 is 0. The van der Waals surface area contributed by atoms with Crippen molar-refractivity contribution in [2.75, 3.05) is 11.1 Å². The van der Waals surface area contributed by atoms with Crippen LogP contribution in [0.3, 0.4) is 0 Å². The molecule has 4 nitrogen and oxygen atoms in total. The maximum Gasteiger partial charge on any atom is 0.140 e. The van der Waals surface area contributed by atoms with Gasteiger partial charge in [-0.3, -0.25) is 0 Å². The zero-order valence-electron chi connectivity index (χ0n) is 10.1. The zero-order chi connectivity index (χ0) is 13.0. The lowest BCUT2D eigenvalue weighted by Crippen LogP contribution is -2.03. The average molecular weight is 238 g/mol. The van der Waals surface area contributed by atoms with Gasteiger partial charge in [0.25, 0.3) is 0 Å². The molecule has 0 aliphatic rings. The Hall–Kier alpha value is -2.54. The van der Waals surface area contributed by atoms with Crippen LogP contribution in [0.2, 0.25) is 0 Å². The molecule has 1 heterocycles. The molecule has 1 aromatic heterocycles. The Morgan fingerprint density at radius 1 is 1.33 bits per heavy atom. The van der Waals surface area contributed by atoms with E-state index in [1.807, 2.05) is 37.3 Å². The molecule has 90 valence electrons. The van der Waals surface area contributed by atoms with E-state index in [4.69, 9.17) is 11.0 Å². The van der Waals surface area contributed by atoms with E-state index in [0.29, 0.717) is 12.2 Å². The van der Waals surface area contributed by atoms with Crippen molar-refractivity contribution in [3.05, 3.63) is 53.3 Å². The minimum absolute atomic E-state index is 0.417. The molecular formula is C14H14N4. The second kappa shape index (κ2) is 5.19. The molecule has 0 saturated carbocycles. The number of anilines is 2. The van der Waals surface area contributed by atoms with Gasteiger partial charge in [0.15, 0.2) is 0 Å². The lowest BCUT2D eigenvalue weighted by atomic mass is 10.1. The van der Waals surface area contributed by atoms with E-state index in [-0.39, 0.29) is 0 Å². The standard InChI is InChI=1S/C14H14N4/c1-10-11(3-2-4-14(10)16)8-17-13-6-5-12(7-15)18-9-13/h2-6,9,17H,8,16H2,1H3. The first kappa shape index (κ1) is 11.9. The van der Waals surface area contributed by atoms with Gasteiger partial charge in [-0.05, 0) is 36.2 Å². The van der Waals surface area contributed by atoms with E-state index in [1.165, 1.54) is 0 Å². The second-order valence-corrected chi connectivity index (χ2v) is 4.03. The fraction of sp³-hybridized carbons (Fsp3) is 0.143. The molecule has 3 N–H and O–H groups in total. The topological polar surface area (TPSA) is 74.7 Å². The van der Waals surface area contributed by atoms with Gasteiger partial charge in [0.2, 0.25) is 0 Å². The van der Waals surface area contributed by atoms with Crippen molar-refractivity contribution in [2.45, 2.75) is 13.5 Å². The van der Waals surface area contributed by atoms with Crippen LogP contribution in [-0.2, 0) is 6.54 Å². The summed E-state index contributed by atoms with van der Waals surface area (Å²) in [6.45, 7) is 2.69. The molecule has 0 atom stereocenters. The predicted molar refractivity (Wildman–Crippen MR) is 71.9 cm³/mol. The Bertz CT molecular complexity index is 582. The van der Waals surface area contributed by atoms with Crippen LogP contribution in [0.4, 0.5) is 11.4 Å². The molecule has 0 radical (unpaired) electrons. The molecule has 0 amide bonds. The van der Waals surface area contributed by atoms with Crippen LogP contribution in [0.25, 0.3) is 0 Å². The average Bonchev–Trinajstić information content (AvgIpc) is 2.41. The number of nitriles is 1. The van der Waals surface area contributed by atoms with Crippen LogP contribution in [0.15, 0.2) is 36.5 Å². The van der Waals surface area contributed by atoms with Gasteiger partial charge in [0.05, 0.1) is 11.9 Å². The molecule has 0 aliphatic carbocycles. The van der Waals surface area contributed by atoms with Crippen LogP contribution < -0.4 is 11.1 Å². The Morgan fingerprint density at radius 3 is 2.83 bits per heavy atom. The van der Waals surface area contributed by atoms with Gasteiger partial charge in [-0.15, -0.1) is 0 Å². The molecular weight excluding hydrogens is 224 g/mol. The molecule has 0 spiro atoms. The summed E-state index contributed by atoms with van der Waals surface area (Å²) >= 11 is 0. The molecule has 4 heteroatoms. The van der Waals surface area contributed by atoms with Crippen LogP contribution in [0, 0.1) is 18.3 Å². The van der Waals surface area contributed by atoms with Crippen LogP contribution in [0.1, 0.15) is 16.8 Å². The van der Waals surface area contributed by atoms with Crippen molar-refractivity contribution in [1.29, 1.82) is 5.26 Å². The number of benzene rings is 1. The van der Waals surface area contributed by atoms with E-state index in [1.54, 1.807) is 12.3 Å². The van der Waals surface area contributed by atoms with Crippen molar-refractivity contribution >= 4 is 11.4 Å². The summed E-state index contributed by atoms with van der Waals surface area (Å²) in [5.74, 6) is 0. The predicted octanol–water partition coefficient (Wildman–Crippen LogP) is 2.46. The van der Waals surface area contributed by atoms with Gasteiger partial charge in [0, 0.05) is 12.2 Å². The van der Waals surface area contributed by atoms with E-state index in [9.17, 15) is 0 Å². The summed E-state index contributed by atoms with van der Waals surface area (Å²) in [7, 11) is 0. The van der Waals surface area contributed by atoms with Crippen LogP contribution in [-0.4, -0.2) is 4.98 Å². The molecule has 0 fully saturated rings. The first-order chi connectivity index (χ1) is 8.70. The number of hydrogen-bond donors (Lipinski definition) is 2. The maximum absolute atomic E-state index is 8.66. The van der Waals surface area contributed by atoms with Gasteiger partial charge in [0.1, 0.15) is 11.8 Å². The Labute approximate surface area is 106 Å².